The third-order valence-corrected chi connectivity index (χ3v) is 4.46. The van der Waals surface area contributed by atoms with E-state index in [1.54, 1.807) is 11.8 Å². The van der Waals surface area contributed by atoms with Crippen LogP contribution in [-0.4, -0.2) is 33.8 Å². The van der Waals surface area contributed by atoms with E-state index in [2.05, 4.69) is 10.1 Å². The lowest BCUT2D eigenvalue weighted by Crippen LogP contribution is -2.26. The molecule has 0 unspecified atom stereocenters. The first kappa shape index (κ1) is 16.4. The van der Waals surface area contributed by atoms with Gasteiger partial charge in [0.1, 0.15) is 17.3 Å². The molecule has 1 saturated carbocycles. The van der Waals surface area contributed by atoms with Crippen molar-refractivity contribution in [3.8, 4) is 11.4 Å². The molecule has 0 saturated heterocycles. The Morgan fingerprint density at radius 2 is 2.00 bits per heavy atom. The van der Waals surface area contributed by atoms with Crippen molar-refractivity contribution in [1.82, 2.24) is 14.8 Å². The van der Waals surface area contributed by atoms with E-state index in [0.717, 1.165) is 37.2 Å². The van der Waals surface area contributed by atoms with Crippen molar-refractivity contribution in [2.24, 2.45) is 11.5 Å². The summed E-state index contributed by atoms with van der Waals surface area (Å²) in [4.78, 5) is 15.9. The predicted molar refractivity (Wildman–Crippen MR) is 90.0 cm³/mol. The predicted octanol–water partition coefficient (Wildman–Crippen LogP) is 1.29. The van der Waals surface area contributed by atoms with Gasteiger partial charge in [0.05, 0.1) is 13.5 Å². The molecule has 7 nitrogen and oxygen atoms in total. The Bertz CT molecular complexity index is 720. The van der Waals surface area contributed by atoms with E-state index in [1.165, 1.54) is 0 Å². The fraction of sp³-hybridized carbons (Fsp3) is 0.471. The number of nitrogens with zero attached hydrogens (tertiary/aromatic N) is 3. The maximum Gasteiger partial charge on any atom is 0.225 e. The van der Waals surface area contributed by atoms with Crippen LogP contribution in [0.5, 0.6) is 5.75 Å². The Morgan fingerprint density at radius 3 is 2.67 bits per heavy atom. The molecule has 128 valence electrons. The Balaban J connectivity index is 2.02. The first-order valence-corrected chi connectivity index (χ1v) is 8.21. The first-order chi connectivity index (χ1) is 11.6. The van der Waals surface area contributed by atoms with Crippen molar-refractivity contribution >= 4 is 5.91 Å². The number of rotatable bonds is 5. The molecule has 2 aromatic rings. The number of carbonyl (C=O) groups excluding carboxylic acids is 1. The number of primary amides is 1. The molecule has 1 aliphatic carbocycles. The molecule has 1 amide bonds. The summed E-state index contributed by atoms with van der Waals surface area (Å²) in [6.45, 7) is 0. The van der Waals surface area contributed by atoms with E-state index in [0.29, 0.717) is 11.6 Å². The minimum Gasteiger partial charge on any atom is -0.494 e. The highest BCUT2D eigenvalue weighted by Gasteiger charge is 2.27. The van der Waals surface area contributed by atoms with Gasteiger partial charge in [-0.25, -0.2) is 9.67 Å². The third-order valence-electron chi connectivity index (χ3n) is 4.46. The minimum atomic E-state index is -0.440. The zero-order chi connectivity index (χ0) is 17.1. The second-order valence-corrected chi connectivity index (χ2v) is 6.22. The van der Waals surface area contributed by atoms with Crippen LogP contribution in [0.4, 0.5) is 0 Å². The summed E-state index contributed by atoms with van der Waals surface area (Å²) in [5, 5.41) is 4.52. The number of methoxy groups -OCH3 is 1. The highest BCUT2D eigenvalue weighted by Crippen LogP contribution is 2.34. The molecule has 0 radical (unpaired) electrons. The van der Waals surface area contributed by atoms with Crippen molar-refractivity contribution in [1.29, 1.82) is 0 Å². The molecule has 1 heterocycles. The highest BCUT2D eigenvalue weighted by molar-refractivity contribution is 5.75. The van der Waals surface area contributed by atoms with Crippen molar-refractivity contribution in [3.63, 3.8) is 0 Å². The Labute approximate surface area is 141 Å². The quantitative estimate of drug-likeness (QED) is 0.859. The third kappa shape index (κ3) is 3.41. The van der Waals surface area contributed by atoms with Gasteiger partial charge >= 0.3 is 0 Å². The zero-order valence-corrected chi connectivity index (χ0v) is 13.8. The van der Waals surface area contributed by atoms with Crippen LogP contribution in [0.3, 0.4) is 0 Å². The van der Waals surface area contributed by atoms with Gasteiger partial charge in [-0.15, -0.1) is 0 Å². The van der Waals surface area contributed by atoms with Crippen LogP contribution in [-0.2, 0) is 11.2 Å². The number of aromatic nitrogens is 3. The molecule has 4 N–H and O–H groups in total. The fourth-order valence-electron chi connectivity index (χ4n) is 3.22. The summed E-state index contributed by atoms with van der Waals surface area (Å²) in [6, 6.07) is 7.90. The van der Waals surface area contributed by atoms with Crippen LogP contribution in [0.25, 0.3) is 5.69 Å². The van der Waals surface area contributed by atoms with Crippen LogP contribution < -0.4 is 16.2 Å². The smallest absolute Gasteiger partial charge is 0.225 e. The monoisotopic (exact) mass is 329 g/mol. The van der Waals surface area contributed by atoms with E-state index in [1.807, 2.05) is 24.3 Å². The summed E-state index contributed by atoms with van der Waals surface area (Å²) in [5.41, 5.74) is 12.1. The Hall–Kier alpha value is -2.41. The average Bonchev–Trinajstić information content (AvgIpc) is 2.98. The molecule has 1 aromatic carbocycles. The summed E-state index contributed by atoms with van der Waals surface area (Å²) >= 11 is 0. The van der Waals surface area contributed by atoms with Gasteiger partial charge in [0.2, 0.25) is 5.91 Å². The van der Waals surface area contributed by atoms with E-state index in [9.17, 15) is 4.79 Å². The van der Waals surface area contributed by atoms with Gasteiger partial charge in [0, 0.05) is 12.0 Å². The Morgan fingerprint density at radius 1 is 1.29 bits per heavy atom. The van der Waals surface area contributed by atoms with Crippen molar-refractivity contribution in [2.45, 2.75) is 44.1 Å². The maximum atomic E-state index is 11.3. The van der Waals surface area contributed by atoms with Crippen LogP contribution in [0.2, 0.25) is 0 Å². The standard InChI is InChI=1S/C17H23N5O2/c1-24-14-5-3-2-4-13(14)22-17(11-6-8-12(18)9-7-11)20-16(21-22)10-15(19)23/h2-5,11-12H,6-10,18H2,1H3,(H2,19,23). The summed E-state index contributed by atoms with van der Waals surface area (Å²) in [6.07, 6.45) is 3.89. The largest absolute Gasteiger partial charge is 0.494 e. The second-order valence-electron chi connectivity index (χ2n) is 6.22. The molecule has 1 aliphatic rings. The molecule has 0 atom stereocenters. The van der Waals surface area contributed by atoms with Crippen LogP contribution in [0.1, 0.15) is 43.3 Å². The molecule has 0 spiro atoms. The van der Waals surface area contributed by atoms with Gasteiger partial charge < -0.3 is 16.2 Å². The van der Waals surface area contributed by atoms with Gasteiger partial charge in [0.25, 0.3) is 0 Å². The van der Waals surface area contributed by atoms with Gasteiger partial charge in [-0.2, -0.15) is 5.10 Å². The molecule has 1 aromatic heterocycles. The minimum absolute atomic E-state index is 0.0291. The number of carbonyl (C=O) groups is 1. The van der Waals surface area contributed by atoms with Crippen molar-refractivity contribution in [2.75, 3.05) is 7.11 Å². The van der Waals surface area contributed by atoms with Crippen molar-refractivity contribution < 1.29 is 9.53 Å². The van der Waals surface area contributed by atoms with Crippen molar-refractivity contribution in [3.05, 3.63) is 35.9 Å². The van der Waals surface area contributed by atoms with E-state index in [4.69, 9.17) is 16.2 Å². The lowest BCUT2D eigenvalue weighted by atomic mass is 9.86. The molecule has 0 bridgehead atoms. The average molecular weight is 329 g/mol. The highest BCUT2D eigenvalue weighted by atomic mass is 16.5. The lowest BCUT2D eigenvalue weighted by molar-refractivity contribution is -0.117. The molecule has 1 fully saturated rings. The summed E-state index contributed by atoms with van der Waals surface area (Å²) in [5.74, 6) is 1.83. The summed E-state index contributed by atoms with van der Waals surface area (Å²) < 4.78 is 7.24. The number of hydrogen-bond donors (Lipinski definition) is 2. The number of nitrogens with two attached hydrogens (primary N) is 2. The van der Waals surface area contributed by atoms with Crippen LogP contribution in [0, 0.1) is 0 Å². The van der Waals surface area contributed by atoms with E-state index in [-0.39, 0.29) is 18.4 Å². The normalized spacial score (nSPS) is 20.8. The lowest BCUT2D eigenvalue weighted by Gasteiger charge is -2.25. The van der Waals surface area contributed by atoms with Gasteiger partial charge in [-0.1, -0.05) is 12.1 Å². The number of benzene rings is 1. The SMILES string of the molecule is COc1ccccc1-n1nc(CC(N)=O)nc1C1CCC(N)CC1. The first-order valence-electron chi connectivity index (χ1n) is 8.21. The molecule has 7 heteroatoms. The number of hydrogen-bond acceptors (Lipinski definition) is 5. The van der Waals surface area contributed by atoms with Gasteiger partial charge in [-0.05, 0) is 37.8 Å². The number of para-hydroxylation sites is 2. The van der Waals surface area contributed by atoms with E-state index < -0.39 is 5.91 Å². The van der Waals surface area contributed by atoms with Gasteiger partial charge in [0.15, 0.2) is 5.82 Å². The summed E-state index contributed by atoms with van der Waals surface area (Å²) in [7, 11) is 1.62. The zero-order valence-electron chi connectivity index (χ0n) is 13.8. The molecule has 3 rings (SSSR count). The van der Waals surface area contributed by atoms with Gasteiger partial charge in [-0.3, -0.25) is 4.79 Å². The van der Waals surface area contributed by atoms with Crippen LogP contribution in [0.15, 0.2) is 24.3 Å². The number of ether oxygens (including phenoxy) is 1. The maximum absolute atomic E-state index is 11.3. The molecular formula is C17H23N5O2. The molecule has 0 aliphatic heterocycles. The van der Waals surface area contributed by atoms with E-state index >= 15 is 0 Å². The van der Waals surface area contributed by atoms with Crippen LogP contribution >= 0.6 is 0 Å². The molecular weight excluding hydrogens is 306 g/mol. The topological polar surface area (TPSA) is 109 Å². The second kappa shape index (κ2) is 7.00. The fourth-order valence-corrected chi connectivity index (χ4v) is 3.22. The number of amides is 1. The molecule has 24 heavy (non-hydrogen) atoms. The Kier molecular flexibility index (Phi) is 4.80.